The number of piperidine rings is 1. The molecule has 1 fully saturated rings. The number of hydrogen-bond donors (Lipinski definition) is 3. The predicted molar refractivity (Wildman–Crippen MR) is 109 cm³/mol. The monoisotopic (exact) mass is 398 g/mol. The smallest absolute Gasteiger partial charge is 0.269 e. The number of nitro groups is 1. The van der Waals surface area contributed by atoms with Crippen LogP contribution in [0.4, 0.5) is 5.69 Å². The molecule has 8 heteroatoms. The molecule has 152 valence electrons. The number of nitrogens with zero attached hydrogens (tertiary/aromatic N) is 1. The Kier molecular flexibility index (Phi) is 6.38. The summed E-state index contributed by atoms with van der Waals surface area (Å²) >= 11 is 0. The second-order valence-electron chi connectivity index (χ2n) is 6.89. The molecule has 8 nitrogen and oxygen atoms in total. The number of aliphatic hydroxyl groups is 2. The number of non-ortho nitro benzene ring substituents is 1. The Balaban J connectivity index is 0.000000252. The third-order valence-electron chi connectivity index (χ3n) is 4.71. The van der Waals surface area contributed by atoms with Gasteiger partial charge in [-0.1, -0.05) is 11.6 Å². The van der Waals surface area contributed by atoms with Crippen molar-refractivity contribution < 1.29 is 19.6 Å². The van der Waals surface area contributed by atoms with E-state index in [1.807, 2.05) is 13.0 Å². The summed E-state index contributed by atoms with van der Waals surface area (Å²) in [4.78, 5) is 22.7. The Morgan fingerprint density at radius 3 is 2.48 bits per heavy atom. The summed E-state index contributed by atoms with van der Waals surface area (Å²) < 4.78 is 5.48. The molecule has 2 heterocycles. The first kappa shape index (κ1) is 20.7. The highest BCUT2D eigenvalue weighted by Gasteiger charge is 2.18. The van der Waals surface area contributed by atoms with E-state index in [9.17, 15) is 14.9 Å². The van der Waals surface area contributed by atoms with E-state index in [0.29, 0.717) is 28.5 Å². The second-order valence-corrected chi connectivity index (χ2v) is 6.89. The van der Waals surface area contributed by atoms with Gasteiger partial charge in [0.2, 0.25) is 0 Å². The number of rotatable bonds is 2. The molecular formula is C21H22N2O6. The zero-order valence-corrected chi connectivity index (χ0v) is 15.9. The van der Waals surface area contributed by atoms with Crippen molar-refractivity contribution in [2.24, 2.45) is 0 Å². The van der Waals surface area contributed by atoms with Crippen LogP contribution >= 0.6 is 0 Å². The van der Waals surface area contributed by atoms with Gasteiger partial charge in [0.15, 0.2) is 5.43 Å². The van der Waals surface area contributed by atoms with Gasteiger partial charge in [-0.15, -0.1) is 0 Å². The minimum absolute atomic E-state index is 0.0141. The van der Waals surface area contributed by atoms with Crippen LogP contribution in [0.5, 0.6) is 0 Å². The summed E-state index contributed by atoms with van der Waals surface area (Å²) in [6.07, 6.45) is 1.82. The van der Waals surface area contributed by atoms with Crippen LogP contribution in [0.3, 0.4) is 0 Å². The molecule has 2 unspecified atom stereocenters. The van der Waals surface area contributed by atoms with Gasteiger partial charge in [-0.25, -0.2) is 0 Å². The fraction of sp³-hybridized carbons (Fsp3) is 0.286. The van der Waals surface area contributed by atoms with Gasteiger partial charge in [-0.3, -0.25) is 20.2 Å². The summed E-state index contributed by atoms with van der Waals surface area (Å²) in [6.45, 7) is 2.72. The normalized spacial score (nSPS) is 18.7. The number of aliphatic hydroxyl groups excluding tert-OH is 2. The second kappa shape index (κ2) is 8.95. The van der Waals surface area contributed by atoms with E-state index < -0.39 is 17.3 Å². The Morgan fingerprint density at radius 1 is 1.17 bits per heavy atom. The summed E-state index contributed by atoms with van der Waals surface area (Å²) in [5.41, 5.74) is 2.32. The Labute approximate surface area is 166 Å². The zero-order chi connectivity index (χ0) is 21.0. The molecule has 1 aromatic heterocycles. The van der Waals surface area contributed by atoms with Crippen molar-refractivity contribution >= 4 is 16.7 Å². The molecule has 0 radical (unpaired) electrons. The zero-order valence-electron chi connectivity index (χ0n) is 15.9. The van der Waals surface area contributed by atoms with E-state index in [1.165, 1.54) is 18.4 Å². The molecule has 3 N–H and O–H groups in total. The first-order valence-electron chi connectivity index (χ1n) is 9.23. The van der Waals surface area contributed by atoms with Crippen molar-refractivity contribution in [3.05, 3.63) is 74.6 Å². The molecule has 1 aliphatic heterocycles. The van der Waals surface area contributed by atoms with Crippen LogP contribution in [0.1, 0.15) is 18.4 Å². The van der Waals surface area contributed by atoms with Crippen molar-refractivity contribution in [1.82, 2.24) is 5.32 Å². The molecule has 0 bridgehead atoms. The van der Waals surface area contributed by atoms with Crippen molar-refractivity contribution in [3.8, 4) is 11.1 Å². The molecule has 0 aliphatic carbocycles. The average Bonchev–Trinajstić information content (AvgIpc) is 2.71. The first-order valence-corrected chi connectivity index (χ1v) is 9.23. The van der Waals surface area contributed by atoms with E-state index >= 15 is 0 Å². The van der Waals surface area contributed by atoms with Crippen LogP contribution < -0.4 is 10.7 Å². The van der Waals surface area contributed by atoms with E-state index in [2.05, 4.69) is 5.32 Å². The van der Waals surface area contributed by atoms with Crippen LogP contribution in [-0.2, 0) is 0 Å². The maximum absolute atomic E-state index is 12.5. The van der Waals surface area contributed by atoms with Crippen LogP contribution in [0.25, 0.3) is 22.1 Å². The molecule has 4 rings (SSSR count). The van der Waals surface area contributed by atoms with Gasteiger partial charge in [0, 0.05) is 12.1 Å². The maximum Gasteiger partial charge on any atom is 0.269 e. The number of benzene rings is 2. The number of hydrogen-bond acceptors (Lipinski definition) is 7. The Morgan fingerprint density at radius 2 is 1.90 bits per heavy atom. The van der Waals surface area contributed by atoms with E-state index in [0.717, 1.165) is 18.5 Å². The van der Waals surface area contributed by atoms with Crippen LogP contribution in [-0.4, -0.2) is 34.0 Å². The average molecular weight is 398 g/mol. The minimum atomic E-state index is -0.691. The molecule has 3 aromatic rings. The quantitative estimate of drug-likeness (QED) is 0.447. The van der Waals surface area contributed by atoms with E-state index in [4.69, 9.17) is 14.6 Å². The summed E-state index contributed by atoms with van der Waals surface area (Å²) in [7, 11) is 0. The van der Waals surface area contributed by atoms with E-state index in [1.54, 1.807) is 24.3 Å². The number of nitrogens with one attached hydrogen (secondary N) is 1. The van der Waals surface area contributed by atoms with Crippen molar-refractivity contribution in [2.75, 3.05) is 6.54 Å². The maximum atomic E-state index is 12.5. The minimum Gasteiger partial charge on any atom is -0.463 e. The number of nitro benzene ring substituents is 1. The van der Waals surface area contributed by atoms with Gasteiger partial charge in [-0.2, -0.15) is 0 Å². The molecule has 0 saturated carbocycles. The van der Waals surface area contributed by atoms with Gasteiger partial charge in [0.1, 0.15) is 18.1 Å². The molecule has 1 saturated heterocycles. The van der Waals surface area contributed by atoms with Gasteiger partial charge >= 0.3 is 0 Å². The largest absolute Gasteiger partial charge is 0.463 e. The lowest BCUT2D eigenvalue weighted by Crippen LogP contribution is -2.44. The Hall–Kier alpha value is -3.07. The SMILES string of the molecule is Cc1ccc2occ(-c3ccc([N+](=O)[O-])cc3)c(=O)c2c1.OC1CCCNC1O. The highest BCUT2D eigenvalue weighted by atomic mass is 16.6. The van der Waals surface area contributed by atoms with E-state index in [-0.39, 0.29) is 11.1 Å². The van der Waals surface area contributed by atoms with Gasteiger partial charge in [-0.05, 0) is 56.1 Å². The molecular weight excluding hydrogens is 376 g/mol. The number of fused-ring (bicyclic) bond motifs is 1. The molecule has 0 amide bonds. The lowest BCUT2D eigenvalue weighted by Gasteiger charge is -2.23. The standard InChI is InChI=1S/C16H11NO4.C5H11NO2/c1-10-2-7-15-13(8-10)16(18)14(9-21-15)11-3-5-12(6-4-11)17(19)20;7-4-2-1-3-6-5(4)8/h2-9H,1H3;4-8H,1-3H2. The van der Waals surface area contributed by atoms with Crippen molar-refractivity contribution in [1.29, 1.82) is 0 Å². The van der Waals surface area contributed by atoms with Crippen LogP contribution in [0.15, 0.2) is 57.9 Å². The van der Waals surface area contributed by atoms with Gasteiger partial charge in [0.05, 0.1) is 22.0 Å². The molecule has 0 spiro atoms. The molecule has 2 aromatic carbocycles. The lowest BCUT2D eigenvalue weighted by atomic mass is 10.0. The van der Waals surface area contributed by atoms with Gasteiger partial charge < -0.3 is 14.6 Å². The number of aryl methyl sites for hydroxylation is 1. The van der Waals surface area contributed by atoms with Crippen molar-refractivity contribution in [2.45, 2.75) is 32.1 Å². The molecule has 1 aliphatic rings. The van der Waals surface area contributed by atoms with Crippen molar-refractivity contribution in [3.63, 3.8) is 0 Å². The summed E-state index contributed by atoms with van der Waals surface area (Å²) in [5.74, 6) is 0. The van der Waals surface area contributed by atoms with Gasteiger partial charge in [0.25, 0.3) is 5.69 Å². The Bertz CT molecular complexity index is 1050. The topological polar surface area (TPSA) is 126 Å². The fourth-order valence-electron chi connectivity index (χ4n) is 3.06. The predicted octanol–water partition coefficient (Wildman–Crippen LogP) is 2.73. The van der Waals surface area contributed by atoms with Crippen LogP contribution in [0, 0.1) is 17.0 Å². The molecule has 29 heavy (non-hydrogen) atoms. The molecule has 2 atom stereocenters. The third kappa shape index (κ3) is 4.86. The highest BCUT2D eigenvalue weighted by Crippen LogP contribution is 2.22. The highest BCUT2D eigenvalue weighted by molar-refractivity contribution is 5.82. The van der Waals surface area contributed by atoms with Crippen LogP contribution in [0.2, 0.25) is 0 Å². The lowest BCUT2D eigenvalue weighted by molar-refractivity contribution is -0.384. The summed E-state index contributed by atoms with van der Waals surface area (Å²) in [6, 6.07) is 11.2. The fourth-order valence-corrected chi connectivity index (χ4v) is 3.06. The summed E-state index contributed by atoms with van der Waals surface area (Å²) in [5, 5.41) is 31.6. The first-order chi connectivity index (χ1) is 13.9. The third-order valence-corrected chi connectivity index (χ3v) is 4.71.